The minimum atomic E-state index is 0.424. The maximum absolute atomic E-state index is 5.36. The van der Waals surface area contributed by atoms with Gasteiger partial charge < -0.3 is 14.6 Å². The summed E-state index contributed by atoms with van der Waals surface area (Å²) in [5, 5.41) is 4.49. The fraction of sp³-hybridized carbons (Fsp3) is 0.533. The number of furan rings is 1. The number of anilines is 1. The Labute approximate surface area is 123 Å². The third-order valence-electron chi connectivity index (χ3n) is 3.99. The zero-order valence-corrected chi connectivity index (χ0v) is 13.1. The highest BCUT2D eigenvalue weighted by Gasteiger charge is 2.24. The first-order valence-electron chi connectivity index (χ1n) is 7.10. The molecule has 1 aliphatic rings. The highest BCUT2D eigenvalue weighted by atomic mass is 32.1. The number of nitrogens with zero attached hydrogens (tertiary/aromatic N) is 2. The molecule has 2 aromatic heterocycles. The number of hydrogen-bond acceptors (Lipinski definition) is 5. The second kappa shape index (κ2) is 5.58. The van der Waals surface area contributed by atoms with Crippen LogP contribution in [0.2, 0.25) is 0 Å². The normalized spacial score (nSPS) is 18.1. The van der Waals surface area contributed by atoms with Crippen LogP contribution in [0.15, 0.2) is 16.7 Å². The van der Waals surface area contributed by atoms with Gasteiger partial charge in [0.15, 0.2) is 5.13 Å². The van der Waals surface area contributed by atoms with E-state index in [1.54, 1.807) is 6.26 Å². The third-order valence-corrected chi connectivity index (χ3v) is 5.24. The van der Waals surface area contributed by atoms with Gasteiger partial charge in [0.2, 0.25) is 0 Å². The molecule has 0 fully saturated rings. The lowest BCUT2D eigenvalue weighted by Gasteiger charge is -2.19. The molecule has 1 unspecified atom stereocenters. The van der Waals surface area contributed by atoms with Crippen LogP contribution in [-0.2, 0) is 13.0 Å². The van der Waals surface area contributed by atoms with Gasteiger partial charge in [-0.25, -0.2) is 4.98 Å². The van der Waals surface area contributed by atoms with Crippen molar-refractivity contribution in [3.63, 3.8) is 0 Å². The third kappa shape index (κ3) is 2.47. The first kappa shape index (κ1) is 13.6. The van der Waals surface area contributed by atoms with E-state index in [0.717, 1.165) is 17.4 Å². The Hall–Kier alpha value is -1.33. The van der Waals surface area contributed by atoms with Crippen LogP contribution in [0.25, 0.3) is 0 Å². The van der Waals surface area contributed by atoms with Gasteiger partial charge in [-0.1, -0.05) is 0 Å². The first-order chi connectivity index (χ1) is 9.69. The summed E-state index contributed by atoms with van der Waals surface area (Å²) >= 11 is 1.83. The molecular formula is C15H21N3OS. The molecule has 20 heavy (non-hydrogen) atoms. The van der Waals surface area contributed by atoms with Gasteiger partial charge in [-0.2, -0.15) is 0 Å². The molecule has 0 saturated heterocycles. The van der Waals surface area contributed by atoms with E-state index in [2.05, 4.69) is 17.3 Å². The Bertz CT molecular complexity index is 590. The monoisotopic (exact) mass is 291 g/mol. The molecule has 0 amide bonds. The second-order valence-corrected chi connectivity index (χ2v) is 6.46. The lowest BCUT2D eigenvalue weighted by Crippen LogP contribution is -2.21. The standard InChI is InChI=1S/C15H21N3OS/c1-10-11(7-8-19-10)9-18(3)15-17-14-12(16-2)5-4-6-13(14)20-15/h7-8,12,16H,4-6,9H2,1-3H3. The van der Waals surface area contributed by atoms with Crippen molar-refractivity contribution in [2.45, 2.75) is 38.8 Å². The van der Waals surface area contributed by atoms with Gasteiger partial charge in [-0.15, -0.1) is 11.3 Å². The molecule has 0 aliphatic heterocycles. The smallest absolute Gasteiger partial charge is 0.185 e. The molecule has 1 aliphatic carbocycles. The van der Waals surface area contributed by atoms with Crippen LogP contribution in [0.5, 0.6) is 0 Å². The minimum Gasteiger partial charge on any atom is -0.469 e. The molecule has 1 N–H and O–H groups in total. The van der Waals surface area contributed by atoms with Crippen LogP contribution in [0.3, 0.4) is 0 Å². The Morgan fingerprint density at radius 3 is 3.10 bits per heavy atom. The summed E-state index contributed by atoms with van der Waals surface area (Å²) in [5.41, 5.74) is 2.49. The van der Waals surface area contributed by atoms with Crippen LogP contribution < -0.4 is 10.2 Å². The van der Waals surface area contributed by atoms with Gasteiger partial charge in [0.25, 0.3) is 0 Å². The first-order valence-corrected chi connectivity index (χ1v) is 7.91. The summed E-state index contributed by atoms with van der Waals surface area (Å²) < 4.78 is 5.36. The van der Waals surface area contributed by atoms with E-state index in [1.807, 2.05) is 31.4 Å². The minimum absolute atomic E-state index is 0.424. The largest absolute Gasteiger partial charge is 0.469 e. The van der Waals surface area contributed by atoms with E-state index in [-0.39, 0.29) is 0 Å². The zero-order valence-electron chi connectivity index (χ0n) is 12.3. The van der Waals surface area contributed by atoms with Crippen molar-refractivity contribution < 1.29 is 4.42 Å². The summed E-state index contributed by atoms with van der Waals surface area (Å²) in [5.74, 6) is 0.992. The second-order valence-electron chi connectivity index (χ2n) is 5.40. The molecule has 0 spiro atoms. The van der Waals surface area contributed by atoms with Crippen LogP contribution in [0.4, 0.5) is 5.13 Å². The molecule has 108 valence electrons. The number of nitrogens with one attached hydrogen (secondary N) is 1. The van der Waals surface area contributed by atoms with E-state index in [9.17, 15) is 0 Å². The Morgan fingerprint density at radius 1 is 1.55 bits per heavy atom. The van der Waals surface area contributed by atoms with Gasteiger partial charge in [-0.05, 0) is 39.3 Å². The Morgan fingerprint density at radius 2 is 2.40 bits per heavy atom. The fourth-order valence-electron chi connectivity index (χ4n) is 2.75. The number of aryl methyl sites for hydroxylation is 2. The Balaban J connectivity index is 1.80. The van der Waals surface area contributed by atoms with Gasteiger partial charge in [-0.3, -0.25) is 0 Å². The maximum Gasteiger partial charge on any atom is 0.185 e. The lowest BCUT2D eigenvalue weighted by molar-refractivity contribution is 0.489. The van der Waals surface area contributed by atoms with Gasteiger partial charge in [0, 0.05) is 24.0 Å². The van der Waals surface area contributed by atoms with Crippen molar-refractivity contribution in [3.8, 4) is 0 Å². The molecule has 2 aromatic rings. The predicted molar refractivity (Wildman–Crippen MR) is 82.4 cm³/mol. The molecule has 0 radical (unpaired) electrons. The highest BCUT2D eigenvalue weighted by molar-refractivity contribution is 7.15. The fourth-order valence-corrected chi connectivity index (χ4v) is 3.87. The Kier molecular flexibility index (Phi) is 3.81. The van der Waals surface area contributed by atoms with E-state index >= 15 is 0 Å². The predicted octanol–water partition coefficient (Wildman–Crippen LogP) is 3.28. The van der Waals surface area contributed by atoms with Crippen molar-refractivity contribution in [2.75, 3.05) is 19.0 Å². The van der Waals surface area contributed by atoms with E-state index in [4.69, 9.17) is 9.40 Å². The van der Waals surface area contributed by atoms with Gasteiger partial charge in [0.1, 0.15) is 5.76 Å². The number of fused-ring (bicyclic) bond motifs is 1. The highest BCUT2D eigenvalue weighted by Crippen LogP contribution is 2.36. The number of aromatic nitrogens is 1. The maximum atomic E-state index is 5.36. The van der Waals surface area contributed by atoms with Crippen LogP contribution in [0, 0.1) is 6.92 Å². The average molecular weight is 291 g/mol. The summed E-state index contributed by atoms with van der Waals surface area (Å²) in [6, 6.07) is 2.46. The number of rotatable bonds is 4. The van der Waals surface area contributed by atoms with Crippen LogP contribution >= 0.6 is 11.3 Å². The molecule has 2 heterocycles. The number of hydrogen-bond donors (Lipinski definition) is 1. The SMILES string of the molecule is CNC1CCCc2sc(N(C)Cc3ccoc3C)nc21. The summed E-state index contributed by atoms with van der Waals surface area (Å²) in [7, 11) is 4.13. The lowest BCUT2D eigenvalue weighted by atomic mass is 9.98. The van der Waals surface area contributed by atoms with E-state index in [1.165, 1.54) is 35.4 Å². The molecule has 5 heteroatoms. The topological polar surface area (TPSA) is 41.3 Å². The van der Waals surface area contributed by atoms with Crippen molar-refractivity contribution in [2.24, 2.45) is 0 Å². The van der Waals surface area contributed by atoms with Crippen molar-refractivity contribution in [3.05, 3.63) is 34.2 Å². The average Bonchev–Trinajstić information content (AvgIpc) is 3.05. The molecule has 0 saturated carbocycles. The molecule has 4 nitrogen and oxygen atoms in total. The van der Waals surface area contributed by atoms with Crippen molar-refractivity contribution in [1.82, 2.24) is 10.3 Å². The summed E-state index contributed by atoms with van der Waals surface area (Å²) in [6.45, 7) is 2.85. The van der Waals surface area contributed by atoms with E-state index in [0.29, 0.717) is 6.04 Å². The van der Waals surface area contributed by atoms with Crippen LogP contribution in [0.1, 0.15) is 40.8 Å². The van der Waals surface area contributed by atoms with Gasteiger partial charge in [0.05, 0.1) is 18.0 Å². The van der Waals surface area contributed by atoms with Gasteiger partial charge >= 0.3 is 0 Å². The molecule has 1 atom stereocenters. The number of thiazole rings is 1. The summed E-state index contributed by atoms with van der Waals surface area (Å²) in [4.78, 5) is 8.53. The van der Waals surface area contributed by atoms with Crippen molar-refractivity contribution in [1.29, 1.82) is 0 Å². The summed E-state index contributed by atoms with van der Waals surface area (Å²) in [6.07, 6.45) is 5.37. The molecule has 3 rings (SSSR count). The zero-order chi connectivity index (χ0) is 14.1. The van der Waals surface area contributed by atoms with Crippen molar-refractivity contribution >= 4 is 16.5 Å². The quantitative estimate of drug-likeness (QED) is 0.938. The molecular weight excluding hydrogens is 270 g/mol. The molecule has 0 aromatic carbocycles. The van der Waals surface area contributed by atoms with Crippen LogP contribution in [-0.4, -0.2) is 19.1 Å². The van der Waals surface area contributed by atoms with E-state index < -0.39 is 0 Å². The molecule has 0 bridgehead atoms.